The molecule has 0 N–H and O–H groups in total. The van der Waals surface area contributed by atoms with Crippen LogP contribution in [-0.2, 0) is 0 Å². The van der Waals surface area contributed by atoms with Crippen LogP contribution in [0.2, 0.25) is 0 Å². The molecule has 0 spiro atoms. The van der Waals surface area contributed by atoms with Crippen LogP contribution < -0.4 is 4.74 Å². The molecule has 1 nitrogen and oxygen atoms in total. The predicted molar refractivity (Wildman–Crippen MR) is 82.4 cm³/mol. The molecule has 0 fully saturated rings. The summed E-state index contributed by atoms with van der Waals surface area (Å²) in [6.07, 6.45) is 5.00. The van der Waals surface area contributed by atoms with E-state index in [1.165, 1.54) is 30.4 Å². The van der Waals surface area contributed by atoms with Crippen molar-refractivity contribution in [1.82, 2.24) is 0 Å². The van der Waals surface area contributed by atoms with Crippen LogP contribution in [0, 0.1) is 19.8 Å². The Morgan fingerprint density at radius 1 is 1.17 bits per heavy atom. The maximum atomic E-state index is 5.92. The smallest absolute Gasteiger partial charge is 0.136 e. The topological polar surface area (TPSA) is 9.23 Å². The summed E-state index contributed by atoms with van der Waals surface area (Å²) < 4.78 is 7.02. The molecule has 1 unspecified atom stereocenters. The fraction of sp³-hybridized carbons (Fsp3) is 0.625. The standard InChI is InChI=1S/C16H25BrO/c1-5-12(2)8-6-7-11-18-16-14(4)10-9-13(3)15(16)17/h9-10,12H,5-8,11H2,1-4H3. The van der Waals surface area contributed by atoms with Gasteiger partial charge in [0.15, 0.2) is 0 Å². The Hall–Kier alpha value is -0.500. The van der Waals surface area contributed by atoms with Gasteiger partial charge in [0, 0.05) is 0 Å². The number of unbranched alkanes of at least 4 members (excludes halogenated alkanes) is 1. The second kappa shape index (κ2) is 7.83. The van der Waals surface area contributed by atoms with Crippen LogP contribution >= 0.6 is 15.9 Å². The van der Waals surface area contributed by atoms with Crippen LogP contribution in [0.1, 0.15) is 50.7 Å². The first-order chi connectivity index (χ1) is 8.56. The molecule has 0 amide bonds. The van der Waals surface area contributed by atoms with Gasteiger partial charge in [0.1, 0.15) is 5.75 Å². The number of halogens is 1. The van der Waals surface area contributed by atoms with Crippen molar-refractivity contribution in [1.29, 1.82) is 0 Å². The molecule has 1 aromatic rings. The molecule has 0 aliphatic rings. The maximum Gasteiger partial charge on any atom is 0.136 e. The van der Waals surface area contributed by atoms with E-state index in [0.717, 1.165) is 29.2 Å². The molecule has 0 aliphatic carbocycles. The zero-order valence-corrected chi connectivity index (χ0v) is 13.6. The SMILES string of the molecule is CCC(C)CCCCOc1c(C)ccc(C)c1Br. The number of benzene rings is 1. The lowest BCUT2D eigenvalue weighted by Gasteiger charge is -2.13. The third kappa shape index (κ3) is 4.64. The van der Waals surface area contributed by atoms with Gasteiger partial charge in [0.2, 0.25) is 0 Å². The summed E-state index contributed by atoms with van der Waals surface area (Å²) in [7, 11) is 0. The van der Waals surface area contributed by atoms with Crippen molar-refractivity contribution >= 4 is 15.9 Å². The molecule has 1 atom stereocenters. The van der Waals surface area contributed by atoms with Crippen LogP contribution in [-0.4, -0.2) is 6.61 Å². The average Bonchev–Trinajstić information content (AvgIpc) is 2.37. The zero-order chi connectivity index (χ0) is 13.5. The number of rotatable bonds is 7. The van der Waals surface area contributed by atoms with E-state index in [2.05, 4.69) is 55.8 Å². The molecule has 2 heteroatoms. The molecular weight excluding hydrogens is 288 g/mol. The Morgan fingerprint density at radius 2 is 1.83 bits per heavy atom. The van der Waals surface area contributed by atoms with Crippen LogP contribution in [0.5, 0.6) is 5.75 Å². The van der Waals surface area contributed by atoms with Crippen LogP contribution in [0.25, 0.3) is 0 Å². The van der Waals surface area contributed by atoms with E-state index < -0.39 is 0 Å². The van der Waals surface area contributed by atoms with Crippen molar-refractivity contribution < 1.29 is 4.74 Å². The summed E-state index contributed by atoms with van der Waals surface area (Å²) >= 11 is 3.61. The first kappa shape index (κ1) is 15.6. The molecule has 0 bridgehead atoms. The normalized spacial score (nSPS) is 12.5. The van der Waals surface area contributed by atoms with Gasteiger partial charge in [-0.2, -0.15) is 0 Å². The molecular formula is C16H25BrO. The summed E-state index contributed by atoms with van der Waals surface area (Å²) in [5, 5.41) is 0. The summed E-state index contributed by atoms with van der Waals surface area (Å²) in [5.74, 6) is 1.86. The average molecular weight is 313 g/mol. The minimum Gasteiger partial charge on any atom is -0.492 e. The van der Waals surface area contributed by atoms with Crippen LogP contribution in [0.4, 0.5) is 0 Å². The Kier molecular flexibility index (Phi) is 6.77. The molecule has 18 heavy (non-hydrogen) atoms. The highest BCUT2D eigenvalue weighted by Gasteiger charge is 2.07. The van der Waals surface area contributed by atoms with Gasteiger partial charge in [-0.25, -0.2) is 0 Å². The second-order valence-corrected chi connectivity index (χ2v) is 5.99. The molecule has 0 heterocycles. The van der Waals surface area contributed by atoms with E-state index in [-0.39, 0.29) is 0 Å². The first-order valence-corrected chi connectivity index (χ1v) is 7.74. The lowest BCUT2D eigenvalue weighted by Crippen LogP contribution is -2.01. The van der Waals surface area contributed by atoms with Crippen LogP contribution in [0.15, 0.2) is 16.6 Å². The summed E-state index contributed by atoms with van der Waals surface area (Å²) in [5.41, 5.74) is 2.43. The summed E-state index contributed by atoms with van der Waals surface area (Å²) in [4.78, 5) is 0. The summed E-state index contributed by atoms with van der Waals surface area (Å²) in [6, 6.07) is 4.24. The summed E-state index contributed by atoms with van der Waals surface area (Å²) in [6.45, 7) is 9.59. The molecule has 102 valence electrons. The quantitative estimate of drug-likeness (QED) is 0.590. The van der Waals surface area contributed by atoms with Crippen molar-refractivity contribution in [3.63, 3.8) is 0 Å². The monoisotopic (exact) mass is 312 g/mol. The Morgan fingerprint density at radius 3 is 2.50 bits per heavy atom. The number of ether oxygens (including phenoxy) is 1. The molecule has 0 aromatic heterocycles. The maximum absolute atomic E-state index is 5.92. The zero-order valence-electron chi connectivity index (χ0n) is 12.1. The van der Waals surface area contributed by atoms with Crippen molar-refractivity contribution in [2.45, 2.75) is 53.4 Å². The van der Waals surface area contributed by atoms with Crippen molar-refractivity contribution in [3.05, 3.63) is 27.7 Å². The third-order valence-electron chi connectivity index (χ3n) is 3.52. The van der Waals surface area contributed by atoms with E-state index in [1.807, 2.05) is 0 Å². The van der Waals surface area contributed by atoms with E-state index >= 15 is 0 Å². The number of aryl methyl sites for hydroxylation is 2. The van der Waals surface area contributed by atoms with Gasteiger partial charge in [0.25, 0.3) is 0 Å². The predicted octanol–water partition coefficient (Wildman–Crippen LogP) is 5.66. The molecule has 1 rings (SSSR count). The van der Waals surface area contributed by atoms with Gasteiger partial charge in [-0.05, 0) is 59.7 Å². The van der Waals surface area contributed by atoms with E-state index in [1.54, 1.807) is 0 Å². The minimum absolute atomic E-state index is 0.819. The van der Waals surface area contributed by atoms with Crippen molar-refractivity contribution in [2.24, 2.45) is 5.92 Å². The highest BCUT2D eigenvalue weighted by Crippen LogP contribution is 2.31. The fourth-order valence-electron chi connectivity index (χ4n) is 1.90. The fourth-order valence-corrected chi connectivity index (χ4v) is 2.46. The Bertz CT molecular complexity index is 374. The van der Waals surface area contributed by atoms with Gasteiger partial charge >= 0.3 is 0 Å². The molecule has 0 radical (unpaired) electrons. The first-order valence-electron chi connectivity index (χ1n) is 6.94. The highest BCUT2D eigenvalue weighted by molar-refractivity contribution is 9.10. The van der Waals surface area contributed by atoms with Gasteiger partial charge in [-0.1, -0.05) is 38.8 Å². The van der Waals surface area contributed by atoms with Gasteiger partial charge in [0.05, 0.1) is 11.1 Å². The minimum atomic E-state index is 0.819. The largest absolute Gasteiger partial charge is 0.492 e. The molecule has 0 aliphatic heterocycles. The lowest BCUT2D eigenvalue weighted by atomic mass is 10.0. The number of hydrogen-bond donors (Lipinski definition) is 0. The van der Waals surface area contributed by atoms with E-state index in [9.17, 15) is 0 Å². The van der Waals surface area contributed by atoms with Crippen molar-refractivity contribution in [3.8, 4) is 5.75 Å². The third-order valence-corrected chi connectivity index (χ3v) is 4.51. The van der Waals surface area contributed by atoms with E-state index in [0.29, 0.717) is 0 Å². The highest BCUT2D eigenvalue weighted by atomic mass is 79.9. The molecule has 1 aromatic carbocycles. The Balaban J connectivity index is 2.38. The molecule has 0 saturated heterocycles. The van der Waals surface area contributed by atoms with Gasteiger partial charge in [-0.3, -0.25) is 0 Å². The van der Waals surface area contributed by atoms with Crippen molar-refractivity contribution in [2.75, 3.05) is 6.61 Å². The number of hydrogen-bond acceptors (Lipinski definition) is 1. The van der Waals surface area contributed by atoms with Gasteiger partial charge in [-0.15, -0.1) is 0 Å². The van der Waals surface area contributed by atoms with E-state index in [4.69, 9.17) is 4.74 Å². The Labute approximate surface area is 120 Å². The van der Waals surface area contributed by atoms with Gasteiger partial charge < -0.3 is 4.74 Å². The van der Waals surface area contributed by atoms with Crippen LogP contribution in [0.3, 0.4) is 0 Å². The molecule has 0 saturated carbocycles. The lowest BCUT2D eigenvalue weighted by molar-refractivity contribution is 0.296. The second-order valence-electron chi connectivity index (χ2n) is 5.20.